The number of thiophene rings is 1. The second kappa shape index (κ2) is 8.20. The summed E-state index contributed by atoms with van der Waals surface area (Å²) in [6.45, 7) is 5.85. The number of rotatable bonds is 6. The van der Waals surface area contributed by atoms with Gasteiger partial charge in [-0.15, -0.1) is 17.9 Å². The van der Waals surface area contributed by atoms with Crippen molar-refractivity contribution in [1.82, 2.24) is 9.55 Å². The molecule has 0 aliphatic heterocycles. The third-order valence-corrected chi connectivity index (χ3v) is 6.05. The Morgan fingerprint density at radius 2 is 2.15 bits per heavy atom. The van der Waals surface area contributed by atoms with Crippen molar-refractivity contribution in [2.24, 2.45) is 0 Å². The number of anilines is 1. The molecule has 1 atom stereocenters. The van der Waals surface area contributed by atoms with Crippen molar-refractivity contribution in [3.63, 3.8) is 0 Å². The lowest BCUT2D eigenvalue weighted by Crippen LogP contribution is -2.26. The summed E-state index contributed by atoms with van der Waals surface area (Å²) >= 11 is 6.04. The summed E-state index contributed by atoms with van der Waals surface area (Å²) in [6.07, 6.45) is 1.65. The summed E-state index contributed by atoms with van der Waals surface area (Å²) < 4.78 is 2.50. The van der Waals surface area contributed by atoms with Gasteiger partial charge in [-0.3, -0.25) is 14.2 Å². The number of nitrogens with zero attached hydrogens (tertiary/aromatic N) is 2. The van der Waals surface area contributed by atoms with E-state index in [-0.39, 0.29) is 11.5 Å². The molecule has 0 saturated carbocycles. The molecule has 0 fully saturated rings. The lowest BCUT2D eigenvalue weighted by atomic mass is 10.3. The van der Waals surface area contributed by atoms with E-state index in [0.29, 0.717) is 21.9 Å². The fourth-order valence-corrected chi connectivity index (χ4v) is 4.29. The monoisotopic (exact) mass is 449 g/mol. The number of hydrogen-bond donors (Lipinski definition) is 1. The van der Waals surface area contributed by atoms with Gasteiger partial charge < -0.3 is 5.32 Å². The molecule has 0 bridgehead atoms. The van der Waals surface area contributed by atoms with E-state index in [1.807, 2.05) is 29.6 Å². The maximum absolute atomic E-state index is 12.6. The summed E-state index contributed by atoms with van der Waals surface area (Å²) in [5, 5.41) is 5.41. The van der Waals surface area contributed by atoms with Gasteiger partial charge >= 0.3 is 0 Å². The van der Waals surface area contributed by atoms with Crippen LogP contribution in [0, 0.1) is 0 Å². The number of nitrogens with one attached hydrogen (secondary N) is 1. The summed E-state index contributed by atoms with van der Waals surface area (Å²) in [5.74, 6) is -0.150. The van der Waals surface area contributed by atoms with E-state index in [9.17, 15) is 9.59 Å². The smallest absolute Gasteiger partial charge is 0.263 e. The van der Waals surface area contributed by atoms with Gasteiger partial charge in [0.2, 0.25) is 5.91 Å². The van der Waals surface area contributed by atoms with Crippen LogP contribution in [0.1, 0.15) is 6.92 Å². The van der Waals surface area contributed by atoms with Crippen LogP contribution in [-0.4, -0.2) is 20.7 Å². The molecule has 26 heavy (non-hydrogen) atoms. The van der Waals surface area contributed by atoms with Gasteiger partial charge in [0.1, 0.15) is 4.83 Å². The highest BCUT2D eigenvalue weighted by Crippen LogP contribution is 2.25. The van der Waals surface area contributed by atoms with Gasteiger partial charge in [0, 0.05) is 16.7 Å². The molecule has 5 nitrogen and oxygen atoms in total. The third-order valence-electron chi connectivity index (χ3n) is 3.62. The Morgan fingerprint density at radius 3 is 2.85 bits per heavy atom. The number of halogens is 1. The highest BCUT2D eigenvalue weighted by atomic mass is 79.9. The van der Waals surface area contributed by atoms with Crippen LogP contribution in [0.15, 0.2) is 62.8 Å². The average molecular weight is 450 g/mol. The van der Waals surface area contributed by atoms with Crippen molar-refractivity contribution < 1.29 is 4.79 Å². The topological polar surface area (TPSA) is 64.0 Å². The molecule has 0 saturated heterocycles. The van der Waals surface area contributed by atoms with Crippen LogP contribution in [0.4, 0.5) is 5.69 Å². The van der Waals surface area contributed by atoms with Crippen molar-refractivity contribution in [2.45, 2.75) is 23.9 Å². The largest absolute Gasteiger partial charge is 0.325 e. The zero-order chi connectivity index (χ0) is 18.7. The Kier molecular flexibility index (Phi) is 5.95. The maximum Gasteiger partial charge on any atom is 0.263 e. The molecule has 1 amide bonds. The molecule has 3 rings (SSSR count). The summed E-state index contributed by atoms with van der Waals surface area (Å²) in [7, 11) is 0. The van der Waals surface area contributed by atoms with Gasteiger partial charge in [-0.05, 0) is 42.6 Å². The molecule has 0 aliphatic rings. The van der Waals surface area contributed by atoms with Crippen molar-refractivity contribution in [3.8, 4) is 0 Å². The van der Waals surface area contributed by atoms with E-state index >= 15 is 0 Å². The lowest BCUT2D eigenvalue weighted by Gasteiger charge is -2.15. The molecular formula is C18H16BrN3O2S2. The van der Waals surface area contributed by atoms with E-state index in [1.54, 1.807) is 23.6 Å². The molecule has 1 N–H and O–H groups in total. The first-order valence-electron chi connectivity index (χ1n) is 7.81. The summed E-state index contributed by atoms with van der Waals surface area (Å²) in [5.41, 5.74) is 0.606. The van der Waals surface area contributed by atoms with Crippen LogP contribution in [0.25, 0.3) is 10.2 Å². The van der Waals surface area contributed by atoms with E-state index in [4.69, 9.17) is 0 Å². The molecule has 0 radical (unpaired) electrons. The number of carbonyl (C=O) groups is 1. The Hall–Kier alpha value is -1.90. The van der Waals surface area contributed by atoms with Gasteiger partial charge in [0.15, 0.2) is 5.16 Å². The highest BCUT2D eigenvalue weighted by molar-refractivity contribution is 9.10. The normalized spacial score (nSPS) is 12.1. The summed E-state index contributed by atoms with van der Waals surface area (Å²) in [6, 6.07) is 9.14. The minimum absolute atomic E-state index is 0.112. The van der Waals surface area contributed by atoms with Crippen molar-refractivity contribution in [3.05, 3.63) is 63.2 Å². The average Bonchev–Trinajstić information content (AvgIpc) is 3.09. The number of thioether (sulfide) groups is 1. The van der Waals surface area contributed by atoms with E-state index in [1.165, 1.54) is 23.1 Å². The number of amides is 1. The van der Waals surface area contributed by atoms with Crippen LogP contribution in [-0.2, 0) is 11.3 Å². The predicted octanol–water partition coefficient (Wildman–Crippen LogP) is 4.53. The van der Waals surface area contributed by atoms with Gasteiger partial charge in [-0.1, -0.05) is 33.8 Å². The predicted molar refractivity (Wildman–Crippen MR) is 112 cm³/mol. The van der Waals surface area contributed by atoms with Gasteiger partial charge in [0.25, 0.3) is 5.56 Å². The highest BCUT2D eigenvalue weighted by Gasteiger charge is 2.19. The molecule has 8 heteroatoms. The van der Waals surface area contributed by atoms with Crippen LogP contribution in [0.2, 0.25) is 0 Å². The molecular weight excluding hydrogens is 434 g/mol. The number of aromatic nitrogens is 2. The van der Waals surface area contributed by atoms with Crippen LogP contribution in [0.3, 0.4) is 0 Å². The van der Waals surface area contributed by atoms with Crippen LogP contribution < -0.4 is 10.9 Å². The first-order chi connectivity index (χ1) is 12.5. The standard InChI is InChI=1S/C18H16BrN3O2S2/c1-3-9-22-17(24)14-8-10-25-16(14)21-18(22)26-11(2)15(23)20-13-6-4-12(19)5-7-13/h3-8,10-11H,1,9H2,2H3,(H,20,23). The van der Waals surface area contributed by atoms with Gasteiger partial charge in [-0.2, -0.15) is 0 Å². The Bertz CT molecular complexity index is 1010. The van der Waals surface area contributed by atoms with E-state index in [2.05, 4.69) is 32.8 Å². The lowest BCUT2D eigenvalue weighted by molar-refractivity contribution is -0.115. The minimum Gasteiger partial charge on any atom is -0.325 e. The second-order valence-corrected chi connectivity index (χ2v) is 8.61. The number of carbonyl (C=O) groups excluding carboxylic acids is 1. The third kappa shape index (κ3) is 4.08. The zero-order valence-electron chi connectivity index (χ0n) is 13.9. The fourth-order valence-electron chi connectivity index (χ4n) is 2.30. The van der Waals surface area contributed by atoms with E-state index < -0.39 is 5.25 Å². The number of allylic oxidation sites excluding steroid dienone is 1. The Balaban J connectivity index is 1.83. The quantitative estimate of drug-likeness (QED) is 0.341. The number of benzene rings is 1. The summed E-state index contributed by atoms with van der Waals surface area (Å²) in [4.78, 5) is 30.4. The number of hydrogen-bond acceptors (Lipinski definition) is 5. The van der Waals surface area contributed by atoms with Crippen molar-refractivity contribution in [1.29, 1.82) is 0 Å². The van der Waals surface area contributed by atoms with Crippen LogP contribution >= 0.6 is 39.0 Å². The zero-order valence-corrected chi connectivity index (χ0v) is 17.2. The molecule has 1 aromatic carbocycles. The van der Waals surface area contributed by atoms with E-state index in [0.717, 1.165) is 10.2 Å². The van der Waals surface area contributed by atoms with Crippen LogP contribution in [0.5, 0.6) is 0 Å². The Labute approximate surface area is 167 Å². The first-order valence-corrected chi connectivity index (χ1v) is 10.4. The maximum atomic E-state index is 12.6. The molecule has 0 aliphatic carbocycles. The molecule has 1 unspecified atom stereocenters. The molecule has 2 aromatic heterocycles. The van der Waals surface area contributed by atoms with Crippen molar-refractivity contribution >= 4 is 60.8 Å². The number of fused-ring (bicyclic) bond motifs is 1. The molecule has 2 heterocycles. The van der Waals surface area contributed by atoms with Gasteiger partial charge in [-0.25, -0.2) is 4.98 Å². The molecule has 3 aromatic rings. The fraction of sp³-hybridized carbons (Fsp3) is 0.167. The van der Waals surface area contributed by atoms with Gasteiger partial charge in [0.05, 0.1) is 10.6 Å². The first kappa shape index (κ1) is 18.9. The SMILES string of the molecule is C=CCn1c(SC(C)C(=O)Nc2ccc(Br)cc2)nc2sccc2c1=O. The molecule has 134 valence electrons. The Morgan fingerprint density at radius 1 is 1.42 bits per heavy atom. The minimum atomic E-state index is -0.418. The second-order valence-electron chi connectivity index (χ2n) is 5.49. The molecule has 0 spiro atoms. The van der Waals surface area contributed by atoms with Crippen molar-refractivity contribution in [2.75, 3.05) is 5.32 Å².